The molecule has 2 aromatic rings. The Morgan fingerprint density at radius 3 is 1.70 bits per heavy atom. The molecule has 0 heterocycles. The summed E-state index contributed by atoms with van der Waals surface area (Å²) < 4.78 is 0. The van der Waals surface area contributed by atoms with Crippen molar-refractivity contribution in [3.8, 4) is 0 Å². The van der Waals surface area contributed by atoms with Gasteiger partial charge in [0.2, 0.25) is 5.91 Å². The van der Waals surface area contributed by atoms with E-state index in [1.54, 1.807) is 0 Å². The molecule has 4 atom stereocenters. The van der Waals surface area contributed by atoms with E-state index in [1.807, 2.05) is 79.8 Å². The first-order valence-corrected chi connectivity index (χ1v) is 18.6. The van der Waals surface area contributed by atoms with Crippen molar-refractivity contribution in [2.45, 2.75) is 129 Å². The molecule has 2 rings (SSSR count). The largest absolute Gasteiger partial charge is 0.465 e. The topological polar surface area (TPSA) is 157 Å². The number of hydrogen-bond acceptors (Lipinski definition) is 6. The highest BCUT2D eigenvalue weighted by molar-refractivity contribution is 5.94. The van der Waals surface area contributed by atoms with E-state index in [0.717, 1.165) is 62.5 Å². The van der Waals surface area contributed by atoms with Gasteiger partial charge < -0.3 is 25.6 Å². The van der Waals surface area contributed by atoms with Crippen LogP contribution in [0.15, 0.2) is 60.7 Å². The lowest BCUT2D eigenvalue weighted by Crippen LogP contribution is -2.70. The summed E-state index contributed by atoms with van der Waals surface area (Å²) in [4.78, 5) is 48.3. The fourth-order valence-electron chi connectivity index (χ4n) is 6.66. The van der Waals surface area contributed by atoms with Crippen LogP contribution >= 0.6 is 0 Å². The molecule has 0 aromatic heterocycles. The van der Waals surface area contributed by atoms with E-state index in [2.05, 4.69) is 29.8 Å². The second-order valence-corrected chi connectivity index (χ2v) is 14.3. The molecule has 0 fully saturated rings. The van der Waals surface area contributed by atoms with Crippen LogP contribution in [-0.4, -0.2) is 58.9 Å². The Hall–Kier alpha value is -3.76. The van der Waals surface area contributed by atoms with Crippen LogP contribution in [0.1, 0.15) is 109 Å². The summed E-state index contributed by atoms with van der Waals surface area (Å²) >= 11 is 0. The number of amides is 3. The zero-order valence-electron chi connectivity index (χ0n) is 30.7. The third-order valence-electron chi connectivity index (χ3n) is 9.49. The van der Waals surface area contributed by atoms with Gasteiger partial charge in [0.15, 0.2) is 0 Å². The average molecular weight is 695 g/mol. The van der Waals surface area contributed by atoms with Crippen molar-refractivity contribution in [2.75, 3.05) is 6.54 Å². The van der Waals surface area contributed by atoms with Gasteiger partial charge in [0.25, 0.3) is 0 Å². The summed E-state index contributed by atoms with van der Waals surface area (Å²) in [6.45, 7) is 8.62. The van der Waals surface area contributed by atoms with Gasteiger partial charge in [-0.2, -0.15) is 0 Å². The van der Waals surface area contributed by atoms with Gasteiger partial charge in [-0.15, -0.1) is 0 Å². The van der Waals surface area contributed by atoms with Crippen LogP contribution in [0, 0.1) is 17.8 Å². The molecule has 0 saturated heterocycles. The van der Waals surface area contributed by atoms with Crippen LogP contribution in [0.5, 0.6) is 0 Å². The van der Waals surface area contributed by atoms with Gasteiger partial charge in [-0.3, -0.25) is 15.4 Å². The van der Waals surface area contributed by atoms with Crippen molar-refractivity contribution in [2.24, 2.45) is 17.8 Å². The van der Waals surface area contributed by atoms with Crippen LogP contribution in [0.4, 0.5) is 9.59 Å². The molecular formula is C40H62N4O6. The monoisotopic (exact) mass is 694 g/mol. The maximum Gasteiger partial charge on any atom is 0.411 e. The SMILES string of the molecule is CC(C)C(C=O)NCCCCCCCCCCCC[C@@H](Cc1ccccc1)C(Cc1ccccc1)(NC(=O)O)N[C@H](C(=O)NC(=O)O)C(C)C. The normalized spacial score (nSPS) is 14.4. The molecule has 0 bridgehead atoms. The van der Waals surface area contributed by atoms with Crippen molar-refractivity contribution >= 4 is 24.4 Å². The molecular weight excluding hydrogens is 632 g/mol. The summed E-state index contributed by atoms with van der Waals surface area (Å²) in [6, 6.07) is 18.5. The predicted octanol–water partition coefficient (Wildman–Crippen LogP) is 7.56. The summed E-state index contributed by atoms with van der Waals surface area (Å²) in [5, 5.41) is 31.1. The number of imide groups is 1. The minimum absolute atomic E-state index is 0.0594. The highest BCUT2D eigenvalue weighted by Gasteiger charge is 2.44. The van der Waals surface area contributed by atoms with E-state index in [1.165, 1.54) is 25.7 Å². The van der Waals surface area contributed by atoms with Gasteiger partial charge in [-0.05, 0) is 54.7 Å². The minimum Gasteiger partial charge on any atom is -0.465 e. The van der Waals surface area contributed by atoms with E-state index in [0.29, 0.717) is 18.8 Å². The Morgan fingerprint density at radius 1 is 0.700 bits per heavy atom. The first-order chi connectivity index (χ1) is 24.0. The lowest BCUT2D eigenvalue weighted by molar-refractivity contribution is -0.124. The molecule has 10 heteroatoms. The number of nitrogens with one attached hydrogen (secondary N) is 4. The fourth-order valence-corrected chi connectivity index (χ4v) is 6.66. The molecule has 10 nitrogen and oxygen atoms in total. The van der Waals surface area contributed by atoms with E-state index < -0.39 is 29.8 Å². The standard InChI is InChI=1S/C40H62N4O6/c1-30(2)35(29-45)41-26-20-12-10-8-6-5-7-9-11-19-25-34(27-32-21-15-13-16-22-32)40(44-39(49)50,28-33-23-17-14-18-24-33)43-36(31(3)4)37(46)42-38(47)48/h13-18,21-24,29-31,34-36,41,43-44H,5-12,19-20,25-28H2,1-4H3,(H,42,46)(H,47,48)(H,49,50)/t34-,35?,36-,40?/m0/s1. The molecule has 0 aliphatic heterocycles. The van der Waals surface area contributed by atoms with E-state index in [4.69, 9.17) is 0 Å². The molecule has 0 aliphatic rings. The highest BCUT2D eigenvalue weighted by Crippen LogP contribution is 2.31. The number of carbonyl (C=O) groups is 4. The molecule has 2 unspecified atom stereocenters. The van der Waals surface area contributed by atoms with Gasteiger partial charge in [0.1, 0.15) is 11.9 Å². The van der Waals surface area contributed by atoms with Crippen LogP contribution in [0.3, 0.4) is 0 Å². The first-order valence-electron chi connectivity index (χ1n) is 18.6. The highest BCUT2D eigenvalue weighted by atomic mass is 16.4. The number of aldehydes is 1. The summed E-state index contributed by atoms with van der Waals surface area (Å²) in [5.74, 6) is -0.983. The first kappa shape index (κ1) is 42.4. The third-order valence-corrected chi connectivity index (χ3v) is 9.49. The molecule has 0 radical (unpaired) electrons. The van der Waals surface area contributed by atoms with E-state index in [-0.39, 0.29) is 24.3 Å². The van der Waals surface area contributed by atoms with Gasteiger partial charge in [-0.25, -0.2) is 9.59 Å². The molecule has 50 heavy (non-hydrogen) atoms. The molecule has 0 saturated carbocycles. The number of hydrogen-bond donors (Lipinski definition) is 6. The van der Waals surface area contributed by atoms with Gasteiger partial charge in [0.05, 0.1) is 12.1 Å². The lowest BCUT2D eigenvalue weighted by atomic mass is 9.78. The van der Waals surface area contributed by atoms with E-state index in [9.17, 15) is 29.4 Å². The third kappa shape index (κ3) is 16.3. The van der Waals surface area contributed by atoms with Crippen LogP contribution in [0.2, 0.25) is 0 Å². The molecule has 3 amide bonds. The number of carbonyl (C=O) groups excluding carboxylic acids is 2. The average Bonchev–Trinajstić information content (AvgIpc) is 3.06. The molecule has 6 N–H and O–H groups in total. The van der Waals surface area contributed by atoms with Gasteiger partial charge in [0, 0.05) is 6.42 Å². The number of unbranched alkanes of at least 4 members (excludes halogenated alkanes) is 9. The van der Waals surface area contributed by atoms with Gasteiger partial charge in [-0.1, -0.05) is 146 Å². The van der Waals surface area contributed by atoms with Crippen molar-refractivity contribution in [1.82, 2.24) is 21.3 Å². The Bertz CT molecular complexity index is 1260. The molecule has 278 valence electrons. The Kier molecular flexibility index (Phi) is 20.0. The molecule has 0 spiro atoms. The lowest BCUT2D eigenvalue weighted by Gasteiger charge is -2.45. The maximum atomic E-state index is 13.2. The van der Waals surface area contributed by atoms with Crippen molar-refractivity contribution in [1.29, 1.82) is 0 Å². The minimum atomic E-state index is -1.45. The Morgan fingerprint density at radius 2 is 1.22 bits per heavy atom. The van der Waals surface area contributed by atoms with Crippen molar-refractivity contribution < 1.29 is 29.4 Å². The summed E-state index contributed by atoms with van der Waals surface area (Å²) in [6.07, 6.45) is 11.0. The predicted molar refractivity (Wildman–Crippen MR) is 199 cm³/mol. The number of benzene rings is 2. The number of carboxylic acid groups (broad SMARTS) is 2. The smallest absolute Gasteiger partial charge is 0.411 e. The molecule has 0 aliphatic carbocycles. The van der Waals surface area contributed by atoms with Crippen molar-refractivity contribution in [3.63, 3.8) is 0 Å². The second-order valence-electron chi connectivity index (χ2n) is 14.3. The summed E-state index contributed by atoms with van der Waals surface area (Å²) in [7, 11) is 0. The van der Waals surface area contributed by atoms with Crippen LogP contribution in [0.25, 0.3) is 0 Å². The number of rotatable bonds is 26. The fraction of sp³-hybridized carbons (Fsp3) is 0.600. The second kappa shape index (κ2) is 23.6. The van der Waals surface area contributed by atoms with E-state index >= 15 is 0 Å². The Balaban J connectivity index is 2.11. The quantitative estimate of drug-likeness (QED) is 0.0335. The zero-order valence-corrected chi connectivity index (χ0v) is 30.7. The molecule has 2 aromatic carbocycles. The zero-order chi connectivity index (χ0) is 36.8. The van der Waals surface area contributed by atoms with Crippen LogP contribution < -0.4 is 21.3 Å². The van der Waals surface area contributed by atoms with Gasteiger partial charge >= 0.3 is 12.2 Å². The Labute approximate surface area is 299 Å². The maximum absolute atomic E-state index is 13.2. The van der Waals surface area contributed by atoms with Crippen molar-refractivity contribution in [3.05, 3.63) is 71.8 Å². The summed E-state index contributed by atoms with van der Waals surface area (Å²) in [5.41, 5.74) is 0.677. The van der Waals surface area contributed by atoms with Crippen LogP contribution in [-0.2, 0) is 22.4 Å².